The van der Waals surface area contributed by atoms with Gasteiger partial charge in [-0.05, 0) is 41.2 Å². The van der Waals surface area contributed by atoms with Crippen LogP contribution in [0.15, 0.2) is 48.8 Å². The number of benzene rings is 1. The molecule has 0 saturated heterocycles. The van der Waals surface area contributed by atoms with Crippen molar-refractivity contribution in [2.75, 3.05) is 5.32 Å². The summed E-state index contributed by atoms with van der Waals surface area (Å²) >= 11 is 0. The number of hydrogen-bond acceptors (Lipinski definition) is 2. The quantitative estimate of drug-likeness (QED) is 0.886. The first kappa shape index (κ1) is 15.2. The fourth-order valence-electron chi connectivity index (χ4n) is 2.23. The molecule has 0 spiro atoms. The van der Waals surface area contributed by atoms with Gasteiger partial charge in [-0.25, -0.2) is 0 Å². The minimum absolute atomic E-state index is 0.0312. The maximum absolute atomic E-state index is 12.1. The standard InChI is InChI=1S/C18H22N2O/c1-13(2)15-6-8-17(9-7-15)20-18(21)11-14(3)16-5-4-10-19-12-16/h4-10,12-14H,11H2,1-3H3,(H,20,21). The van der Waals surface area contributed by atoms with E-state index in [1.54, 1.807) is 6.20 Å². The molecule has 21 heavy (non-hydrogen) atoms. The molecule has 0 aliphatic rings. The van der Waals surface area contributed by atoms with Crippen LogP contribution in [0.25, 0.3) is 0 Å². The molecule has 0 radical (unpaired) electrons. The molecule has 0 bridgehead atoms. The van der Waals surface area contributed by atoms with Gasteiger partial charge < -0.3 is 5.32 Å². The number of hydrogen-bond donors (Lipinski definition) is 1. The molecule has 1 N–H and O–H groups in total. The molecule has 2 rings (SSSR count). The molecule has 110 valence electrons. The SMILES string of the molecule is CC(C)c1ccc(NC(=O)CC(C)c2cccnc2)cc1. The summed E-state index contributed by atoms with van der Waals surface area (Å²) in [5.74, 6) is 0.692. The molecule has 3 nitrogen and oxygen atoms in total. The highest BCUT2D eigenvalue weighted by atomic mass is 16.1. The Morgan fingerprint density at radius 2 is 1.81 bits per heavy atom. The van der Waals surface area contributed by atoms with Gasteiger partial charge in [0.15, 0.2) is 0 Å². The summed E-state index contributed by atoms with van der Waals surface area (Å²) in [5.41, 5.74) is 3.21. The molecular formula is C18H22N2O. The predicted octanol–water partition coefficient (Wildman–Crippen LogP) is 4.34. The fraction of sp³-hybridized carbons (Fsp3) is 0.333. The van der Waals surface area contributed by atoms with Crippen molar-refractivity contribution in [1.29, 1.82) is 0 Å². The molecule has 1 amide bonds. The Labute approximate surface area is 126 Å². The average Bonchev–Trinajstić information content (AvgIpc) is 2.48. The van der Waals surface area contributed by atoms with Gasteiger partial charge in [-0.2, -0.15) is 0 Å². The summed E-state index contributed by atoms with van der Waals surface area (Å²) in [4.78, 5) is 16.2. The first-order chi connectivity index (χ1) is 10.1. The maximum atomic E-state index is 12.1. The Morgan fingerprint density at radius 1 is 1.10 bits per heavy atom. The normalized spacial score (nSPS) is 12.2. The minimum Gasteiger partial charge on any atom is -0.326 e. The molecular weight excluding hydrogens is 260 g/mol. The number of nitrogens with one attached hydrogen (secondary N) is 1. The highest BCUT2D eigenvalue weighted by Crippen LogP contribution is 2.20. The lowest BCUT2D eigenvalue weighted by Crippen LogP contribution is -2.14. The third-order valence-corrected chi connectivity index (χ3v) is 3.61. The topological polar surface area (TPSA) is 42.0 Å². The molecule has 1 aromatic heterocycles. The highest BCUT2D eigenvalue weighted by Gasteiger charge is 2.11. The lowest BCUT2D eigenvalue weighted by Gasteiger charge is -2.12. The summed E-state index contributed by atoms with van der Waals surface area (Å²) in [6.45, 7) is 6.35. The Morgan fingerprint density at radius 3 is 2.38 bits per heavy atom. The van der Waals surface area contributed by atoms with Gasteiger partial charge in [-0.3, -0.25) is 9.78 Å². The Balaban J connectivity index is 1.92. The van der Waals surface area contributed by atoms with E-state index in [0.717, 1.165) is 11.3 Å². The van der Waals surface area contributed by atoms with E-state index in [1.165, 1.54) is 5.56 Å². The summed E-state index contributed by atoms with van der Waals surface area (Å²) in [6.07, 6.45) is 4.01. The van der Waals surface area contributed by atoms with Crippen LogP contribution in [0, 0.1) is 0 Å². The van der Waals surface area contributed by atoms with Crippen molar-refractivity contribution >= 4 is 11.6 Å². The highest BCUT2D eigenvalue weighted by molar-refractivity contribution is 5.91. The van der Waals surface area contributed by atoms with E-state index in [-0.39, 0.29) is 11.8 Å². The molecule has 2 aromatic rings. The zero-order valence-electron chi connectivity index (χ0n) is 12.8. The number of anilines is 1. The van der Waals surface area contributed by atoms with Crippen LogP contribution in [0.4, 0.5) is 5.69 Å². The number of pyridine rings is 1. The monoisotopic (exact) mass is 282 g/mol. The summed E-state index contributed by atoms with van der Waals surface area (Å²) in [5, 5.41) is 2.95. The van der Waals surface area contributed by atoms with Crippen LogP contribution in [0.1, 0.15) is 50.2 Å². The van der Waals surface area contributed by atoms with Crippen LogP contribution >= 0.6 is 0 Å². The molecule has 0 aliphatic heterocycles. The zero-order chi connectivity index (χ0) is 15.2. The molecule has 0 fully saturated rings. The van der Waals surface area contributed by atoms with Gasteiger partial charge in [0, 0.05) is 24.5 Å². The molecule has 1 heterocycles. The average molecular weight is 282 g/mol. The van der Waals surface area contributed by atoms with E-state index in [0.29, 0.717) is 12.3 Å². The van der Waals surface area contributed by atoms with Crippen molar-refractivity contribution in [3.05, 3.63) is 59.9 Å². The second-order valence-corrected chi connectivity index (χ2v) is 5.72. The van der Waals surface area contributed by atoms with Gasteiger partial charge in [0.1, 0.15) is 0 Å². The number of carbonyl (C=O) groups excluding carboxylic acids is 1. The van der Waals surface area contributed by atoms with Gasteiger partial charge in [0.2, 0.25) is 5.91 Å². The van der Waals surface area contributed by atoms with Crippen molar-refractivity contribution in [2.45, 2.75) is 39.0 Å². The van der Waals surface area contributed by atoms with Crippen LogP contribution in [-0.2, 0) is 4.79 Å². The smallest absolute Gasteiger partial charge is 0.224 e. The third-order valence-electron chi connectivity index (χ3n) is 3.61. The maximum Gasteiger partial charge on any atom is 0.224 e. The van der Waals surface area contributed by atoms with Crippen LogP contribution in [0.2, 0.25) is 0 Å². The number of amides is 1. The zero-order valence-corrected chi connectivity index (χ0v) is 12.8. The van der Waals surface area contributed by atoms with Gasteiger partial charge >= 0.3 is 0 Å². The molecule has 1 atom stereocenters. The Kier molecular flexibility index (Phi) is 5.09. The first-order valence-electron chi connectivity index (χ1n) is 7.36. The van der Waals surface area contributed by atoms with Crippen molar-refractivity contribution < 1.29 is 4.79 Å². The second kappa shape index (κ2) is 7.02. The predicted molar refractivity (Wildman–Crippen MR) is 86.4 cm³/mol. The second-order valence-electron chi connectivity index (χ2n) is 5.72. The molecule has 1 unspecified atom stereocenters. The summed E-state index contributed by atoms with van der Waals surface area (Å²) < 4.78 is 0. The van der Waals surface area contributed by atoms with Gasteiger partial charge in [0.25, 0.3) is 0 Å². The molecule has 3 heteroatoms. The van der Waals surface area contributed by atoms with E-state index in [1.807, 2.05) is 37.4 Å². The number of rotatable bonds is 5. The summed E-state index contributed by atoms with van der Waals surface area (Å²) in [7, 11) is 0. The number of aromatic nitrogens is 1. The van der Waals surface area contributed by atoms with Crippen LogP contribution in [0.3, 0.4) is 0 Å². The lowest BCUT2D eigenvalue weighted by atomic mass is 9.99. The van der Waals surface area contributed by atoms with Crippen LogP contribution < -0.4 is 5.32 Å². The van der Waals surface area contributed by atoms with Gasteiger partial charge in [0.05, 0.1) is 0 Å². The van der Waals surface area contributed by atoms with Crippen molar-refractivity contribution in [3.63, 3.8) is 0 Å². The first-order valence-corrected chi connectivity index (χ1v) is 7.36. The molecule has 0 saturated carbocycles. The van der Waals surface area contributed by atoms with Crippen molar-refractivity contribution in [3.8, 4) is 0 Å². The van der Waals surface area contributed by atoms with Gasteiger partial charge in [-0.1, -0.05) is 39.0 Å². The number of nitrogens with zero attached hydrogens (tertiary/aromatic N) is 1. The van der Waals surface area contributed by atoms with E-state index < -0.39 is 0 Å². The van der Waals surface area contributed by atoms with E-state index in [4.69, 9.17) is 0 Å². The summed E-state index contributed by atoms with van der Waals surface area (Å²) in [6, 6.07) is 11.9. The van der Waals surface area contributed by atoms with Crippen molar-refractivity contribution in [2.24, 2.45) is 0 Å². The Hall–Kier alpha value is -2.16. The van der Waals surface area contributed by atoms with Crippen LogP contribution in [0.5, 0.6) is 0 Å². The third kappa shape index (κ3) is 4.42. The molecule has 0 aliphatic carbocycles. The largest absolute Gasteiger partial charge is 0.326 e. The van der Waals surface area contributed by atoms with Crippen molar-refractivity contribution in [1.82, 2.24) is 4.98 Å². The number of carbonyl (C=O) groups is 1. The van der Waals surface area contributed by atoms with E-state index in [9.17, 15) is 4.79 Å². The minimum atomic E-state index is 0.0312. The fourth-order valence-corrected chi connectivity index (χ4v) is 2.23. The molecule has 1 aromatic carbocycles. The lowest BCUT2D eigenvalue weighted by molar-refractivity contribution is -0.116. The Bertz CT molecular complexity index is 576. The van der Waals surface area contributed by atoms with Crippen LogP contribution in [-0.4, -0.2) is 10.9 Å². The van der Waals surface area contributed by atoms with E-state index in [2.05, 4.69) is 36.3 Å². The van der Waals surface area contributed by atoms with E-state index >= 15 is 0 Å². The van der Waals surface area contributed by atoms with Gasteiger partial charge in [-0.15, -0.1) is 0 Å².